The molecule has 0 saturated carbocycles. The van der Waals surface area contributed by atoms with Crippen molar-refractivity contribution in [1.29, 1.82) is 0 Å². The number of anilines is 1. The van der Waals surface area contributed by atoms with Gasteiger partial charge in [-0.25, -0.2) is 0 Å². The van der Waals surface area contributed by atoms with Crippen molar-refractivity contribution in [2.24, 2.45) is 0 Å². The van der Waals surface area contributed by atoms with E-state index in [0.29, 0.717) is 12.3 Å². The number of aromatic nitrogens is 2. The molecule has 18 heavy (non-hydrogen) atoms. The number of phenolic OH excluding ortho intramolecular Hbond substituents is 1. The van der Waals surface area contributed by atoms with Crippen molar-refractivity contribution in [2.45, 2.75) is 6.54 Å². The van der Waals surface area contributed by atoms with Gasteiger partial charge in [-0.2, -0.15) is 5.10 Å². The van der Waals surface area contributed by atoms with E-state index in [4.69, 9.17) is 0 Å². The molecule has 3 N–H and O–H groups in total. The predicted octanol–water partition coefficient (Wildman–Crippen LogP) is 2.88. The van der Waals surface area contributed by atoms with E-state index >= 15 is 0 Å². The molecular formula is C14H13N3O. The Morgan fingerprint density at radius 3 is 2.89 bits per heavy atom. The highest BCUT2D eigenvalue weighted by Crippen LogP contribution is 2.23. The summed E-state index contributed by atoms with van der Waals surface area (Å²) in [5.41, 5.74) is 2.87. The van der Waals surface area contributed by atoms with Gasteiger partial charge in [0.15, 0.2) is 0 Å². The van der Waals surface area contributed by atoms with Crippen molar-refractivity contribution in [1.82, 2.24) is 10.2 Å². The van der Waals surface area contributed by atoms with Crippen LogP contribution in [0.4, 0.5) is 5.69 Å². The summed E-state index contributed by atoms with van der Waals surface area (Å²) in [6, 6.07) is 13.3. The molecule has 0 atom stereocenters. The van der Waals surface area contributed by atoms with Crippen molar-refractivity contribution in [3.05, 3.63) is 54.2 Å². The molecule has 0 amide bonds. The second-order valence-corrected chi connectivity index (χ2v) is 4.12. The summed E-state index contributed by atoms with van der Waals surface area (Å²) in [6.45, 7) is 0.580. The van der Waals surface area contributed by atoms with E-state index in [1.807, 2.05) is 36.4 Å². The maximum absolute atomic E-state index is 9.70. The Balaban J connectivity index is 1.85. The molecule has 2 aromatic carbocycles. The van der Waals surface area contributed by atoms with E-state index in [9.17, 15) is 5.11 Å². The van der Waals surface area contributed by atoms with Gasteiger partial charge in [0, 0.05) is 23.2 Å². The van der Waals surface area contributed by atoms with Gasteiger partial charge in [0.2, 0.25) is 0 Å². The van der Waals surface area contributed by atoms with Crippen LogP contribution in [0.1, 0.15) is 5.56 Å². The van der Waals surface area contributed by atoms with E-state index < -0.39 is 0 Å². The number of hydrogen-bond acceptors (Lipinski definition) is 3. The Labute approximate surface area is 104 Å². The highest BCUT2D eigenvalue weighted by Gasteiger charge is 2.03. The van der Waals surface area contributed by atoms with Gasteiger partial charge >= 0.3 is 0 Å². The van der Waals surface area contributed by atoms with Gasteiger partial charge in [0.1, 0.15) is 5.75 Å². The molecule has 0 aliphatic heterocycles. The van der Waals surface area contributed by atoms with Crippen LogP contribution in [-0.2, 0) is 6.54 Å². The second kappa shape index (κ2) is 4.41. The first kappa shape index (κ1) is 10.7. The minimum absolute atomic E-state index is 0.310. The lowest BCUT2D eigenvalue weighted by Crippen LogP contribution is -1.99. The zero-order valence-corrected chi connectivity index (χ0v) is 9.72. The van der Waals surface area contributed by atoms with Gasteiger partial charge in [-0.3, -0.25) is 5.10 Å². The quantitative estimate of drug-likeness (QED) is 0.658. The summed E-state index contributed by atoms with van der Waals surface area (Å²) in [7, 11) is 0. The number of hydrogen-bond donors (Lipinski definition) is 3. The number of aromatic amines is 1. The summed E-state index contributed by atoms with van der Waals surface area (Å²) >= 11 is 0. The molecule has 90 valence electrons. The molecule has 0 unspecified atom stereocenters. The van der Waals surface area contributed by atoms with Crippen LogP contribution in [0.25, 0.3) is 10.9 Å². The average Bonchev–Trinajstić information content (AvgIpc) is 2.86. The smallest absolute Gasteiger partial charge is 0.120 e. The lowest BCUT2D eigenvalue weighted by Gasteiger charge is -2.08. The van der Waals surface area contributed by atoms with Gasteiger partial charge in [-0.05, 0) is 18.2 Å². The molecule has 1 heterocycles. The molecule has 0 radical (unpaired) electrons. The number of nitrogens with zero attached hydrogens (tertiary/aromatic N) is 1. The van der Waals surface area contributed by atoms with E-state index in [1.54, 1.807) is 12.3 Å². The molecule has 3 rings (SSSR count). The van der Waals surface area contributed by atoms with Crippen LogP contribution in [0, 0.1) is 0 Å². The number of nitrogens with one attached hydrogen (secondary N) is 2. The Bertz CT molecular complexity index is 675. The van der Waals surface area contributed by atoms with Crippen LogP contribution >= 0.6 is 0 Å². The van der Waals surface area contributed by atoms with Crippen molar-refractivity contribution in [3.8, 4) is 5.75 Å². The number of aromatic hydroxyl groups is 1. The number of rotatable bonds is 3. The number of fused-ring (bicyclic) bond motifs is 1. The van der Waals surface area contributed by atoms with Crippen LogP contribution in [0.5, 0.6) is 5.75 Å². The van der Waals surface area contributed by atoms with Gasteiger partial charge in [0.25, 0.3) is 0 Å². The Kier molecular flexibility index (Phi) is 2.61. The third-order valence-electron chi connectivity index (χ3n) is 2.95. The number of phenols is 1. The molecule has 0 fully saturated rings. The molecule has 4 heteroatoms. The fraction of sp³-hybridized carbons (Fsp3) is 0.0714. The summed E-state index contributed by atoms with van der Waals surface area (Å²) in [5, 5.41) is 21.0. The first-order chi connectivity index (χ1) is 8.84. The topological polar surface area (TPSA) is 60.9 Å². The van der Waals surface area contributed by atoms with Crippen LogP contribution in [0.2, 0.25) is 0 Å². The number of benzene rings is 2. The van der Waals surface area contributed by atoms with Gasteiger partial charge in [-0.15, -0.1) is 0 Å². The third-order valence-corrected chi connectivity index (χ3v) is 2.95. The lowest BCUT2D eigenvalue weighted by molar-refractivity contribution is 0.469. The fourth-order valence-electron chi connectivity index (χ4n) is 1.97. The second-order valence-electron chi connectivity index (χ2n) is 4.12. The van der Waals surface area contributed by atoms with Crippen LogP contribution in [0.3, 0.4) is 0 Å². The van der Waals surface area contributed by atoms with E-state index in [-0.39, 0.29) is 0 Å². The SMILES string of the molecule is Oc1ccccc1CNc1cccc2[nH]ncc12. The highest BCUT2D eigenvalue weighted by molar-refractivity contribution is 5.90. The largest absolute Gasteiger partial charge is 0.508 e. The van der Waals surface area contributed by atoms with Gasteiger partial charge in [0.05, 0.1) is 11.7 Å². The highest BCUT2D eigenvalue weighted by atomic mass is 16.3. The Morgan fingerprint density at radius 2 is 2.00 bits per heavy atom. The molecule has 0 bridgehead atoms. The average molecular weight is 239 g/mol. The summed E-state index contributed by atoms with van der Waals surface area (Å²) in [5.74, 6) is 0.310. The summed E-state index contributed by atoms with van der Waals surface area (Å²) in [6.07, 6.45) is 1.79. The Morgan fingerprint density at radius 1 is 1.11 bits per heavy atom. The monoisotopic (exact) mass is 239 g/mol. The van der Waals surface area contributed by atoms with Gasteiger partial charge < -0.3 is 10.4 Å². The van der Waals surface area contributed by atoms with Crippen molar-refractivity contribution in [2.75, 3.05) is 5.32 Å². The minimum Gasteiger partial charge on any atom is -0.508 e. The molecular weight excluding hydrogens is 226 g/mol. The molecule has 0 saturated heterocycles. The predicted molar refractivity (Wildman–Crippen MR) is 71.5 cm³/mol. The maximum atomic E-state index is 9.70. The lowest BCUT2D eigenvalue weighted by atomic mass is 10.2. The van der Waals surface area contributed by atoms with Crippen LogP contribution in [-0.4, -0.2) is 15.3 Å². The van der Waals surface area contributed by atoms with Gasteiger partial charge in [-0.1, -0.05) is 24.3 Å². The van der Waals surface area contributed by atoms with Crippen LogP contribution < -0.4 is 5.32 Å². The number of H-pyrrole nitrogens is 1. The summed E-state index contributed by atoms with van der Waals surface area (Å²) < 4.78 is 0. The fourth-order valence-corrected chi connectivity index (χ4v) is 1.97. The first-order valence-electron chi connectivity index (χ1n) is 5.77. The van der Waals surface area contributed by atoms with E-state index in [1.165, 1.54) is 0 Å². The third kappa shape index (κ3) is 1.88. The Hall–Kier alpha value is -2.49. The molecule has 4 nitrogen and oxygen atoms in total. The van der Waals surface area contributed by atoms with E-state index in [0.717, 1.165) is 22.2 Å². The van der Waals surface area contributed by atoms with Crippen molar-refractivity contribution in [3.63, 3.8) is 0 Å². The minimum atomic E-state index is 0.310. The maximum Gasteiger partial charge on any atom is 0.120 e. The van der Waals surface area contributed by atoms with Crippen molar-refractivity contribution >= 4 is 16.6 Å². The standard InChI is InChI=1S/C14H13N3O/c18-14-7-2-1-4-10(14)8-15-12-5-3-6-13-11(12)9-16-17-13/h1-7,9,15,18H,8H2,(H,16,17). The summed E-state index contributed by atoms with van der Waals surface area (Å²) in [4.78, 5) is 0. The molecule has 0 aliphatic rings. The molecule has 1 aromatic heterocycles. The zero-order chi connectivity index (χ0) is 12.4. The first-order valence-corrected chi connectivity index (χ1v) is 5.77. The van der Waals surface area contributed by atoms with Crippen molar-refractivity contribution < 1.29 is 5.11 Å². The normalized spacial score (nSPS) is 10.7. The van der Waals surface area contributed by atoms with Crippen LogP contribution in [0.15, 0.2) is 48.7 Å². The molecule has 0 aliphatic carbocycles. The molecule has 3 aromatic rings. The van der Waals surface area contributed by atoms with E-state index in [2.05, 4.69) is 15.5 Å². The number of para-hydroxylation sites is 1. The zero-order valence-electron chi connectivity index (χ0n) is 9.72. The molecule has 0 spiro atoms.